The molecule has 6 nitrogen and oxygen atoms in total. The summed E-state index contributed by atoms with van der Waals surface area (Å²) in [5.41, 5.74) is 16.5. The molecule has 0 aliphatic heterocycles. The molecule has 5 N–H and O–H groups in total. The first kappa shape index (κ1) is 18.6. The quantitative estimate of drug-likeness (QED) is 0.410. The summed E-state index contributed by atoms with van der Waals surface area (Å²) in [5.74, 6) is 1.13. The van der Waals surface area contributed by atoms with E-state index in [0.29, 0.717) is 17.6 Å². The Kier molecular flexibility index (Phi) is 5.54. The first-order valence-electron chi connectivity index (χ1n) is 9.09. The van der Waals surface area contributed by atoms with E-state index in [1.54, 1.807) is 6.08 Å². The Balaban J connectivity index is 1.84. The molecule has 3 rings (SSSR count). The molecule has 0 saturated heterocycles. The van der Waals surface area contributed by atoms with E-state index in [-0.39, 0.29) is 5.91 Å². The van der Waals surface area contributed by atoms with E-state index in [0.717, 1.165) is 53.9 Å². The maximum atomic E-state index is 11.5. The smallest absolute Gasteiger partial charge is 0.247 e. The van der Waals surface area contributed by atoms with E-state index < -0.39 is 0 Å². The summed E-state index contributed by atoms with van der Waals surface area (Å²) in [6.07, 6.45) is 10.8. The Hall–Kier alpha value is -3.15. The van der Waals surface area contributed by atoms with Gasteiger partial charge in [0.25, 0.3) is 0 Å². The van der Waals surface area contributed by atoms with E-state index in [2.05, 4.69) is 21.9 Å². The molecule has 0 atom stereocenters. The second kappa shape index (κ2) is 8.03. The Morgan fingerprint density at radius 3 is 2.85 bits per heavy atom. The zero-order chi connectivity index (χ0) is 19.4. The topological polar surface area (TPSA) is 106 Å². The van der Waals surface area contributed by atoms with Crippen LogP contribution in [0.1, 0.15) is 36.9 Å². The number of aliphatic imine (C=N–C) groups is 1. The number of rotatable bonds is 6. The number of pyridine rings is 1. The van der Waals surface area contributed by atoms with E-state index >= 15 is 0 Å². The van der Waals surface area contributed by atoms with Crippen LogP contribution in [-0.4, -0.2) is 16.7 Å². The van der Waals surface area contributed by atoms with E-state index in [1.807, 2.05) is 31.2 Å². The van der Waals surface area contributed by atoms with Crippen molar-refractivity contribution in [3.63, 3.8) is 0 Å². The van der Waals surface area contributed by atoms with Crippen LogP contribution >= 0.6 is 0 Å². The second-order valence-electron chi connectivity index (χ2n) is 6.90. The van der Waals surface area contributed by atoms with Gasteiger partial charge in [0.15, 0.2) is 5.82 Å². The van der Waals surface area contributed by atoms with Gasteiger partial charge in [-0.15, -0.1) is 0 Å². The first-order valence-corrected chi connectivity index (χ1v) is 9.09. The lowest BCUT2D eigenvalue weighted by Gasteiger charge is -2.15. The van der Waals surface area contributed by atoms with Crippen LogP contribution in [0.4, 0.5) is 5.82 Å². The highest BCUT2D eigenvalue weighted by molar-refractivity contribution is 5.93. The molecule has 0 spiro atoms. The molecule has 27 heavy (non-hydrogen) atoms. The molecule has 1 heterocycles. The average Bonchev–Trinajstić information content (AvgIpc) is 3.46. The fourth-order valence-corrected chi connectivity index (χ4v) is 2.92. The highest BCUT2D eigenvalue weighted by Gasteiger charge is 2.24. The van der Waals surface area contributed by atoms with Crippen molar-refractivity contribution in [2.24, 2.45) is 22.4 Å². The summed E-state index contributed by atoms with van der Waals surface area (Å²) in [6.45, 7) is 5.47. The second-order valence-corrected chi connectivity index (χ2v) is 6.90. The molecule has 140 valence electrons. The molecule has 1 aromatic heterocycles. The van der Waals surface area contributed by atoms with Crippen LogP contribution < -0.4 is 16.8 Å². The summed E-state index contributed by atoms with van der Waals surface area (Å²) in [5, 5.41) is 2.80. The fourth-order valence-electron chi connectivity index (χ4n) is 2.92. The number of carbonyl (C=O) groups is 1. The number of nitrogens with two attached hydrogens (primary N) is 2. The number of nitrogens with one attached hydrogen (secondary N) is 1. The highest BCUT2D eigenvalue weighted by Crippen LogP contribution is 2.33. The van der Waals surface area contributed by atoms with Crippen LogP contribution in [0, 0.1) is 12.8 Å². The Morgan fingerprint density at radius 2 is 2.15 bits per heavy atom. The van der Waals surface area contributed by atoms with Gasteiger partial charge in [-0.1, -0.05) is 12.7 Å². The minimum atomic E-state index is -0.228. The monoisotopic (exact) mass is 363 g/mol. The minimum absolute atomic E-state index is 0.228. The van der Waals surface area contributed by atoms with E-state index in [1.165, 1.54) is 6.08 Å². The van der Waals surface area contributed by atoms with Gasteiger partial charge in [-0.3, -0.25) is 4.79 Å². The molecule has 2 aliphatic carbocycles. The number of aromatic nitrogens is 1. The molecule has 0 aromatic carbocycles. The largest absolute Gasteiger partial charge is 0.402 e. The molecular formula is C21H25N5O. The number of amidine groups is 1. The Bertz CT molecular complexity index is 888. The van der Waals surface area contributed by atoms with Gasteiger partial charge < -0.3 is 16.8 Å². The highest BCUT2D eigenvalue weighted by atomic mass is 16.1. The lowest BCUT2D eigenvalue weighted by Crippen LogP contribution is -2.20. The van der Waals surface area contributed by atoms with Crippen LogP contribution in [0.5, 0.6) is 0 Å². The van der Waals surface area contributed by atoms with E-state index in [9.17, 15) is 4.79 Å². The van der Waals surface area contributed by atoms with Gasteiger partial charge in [-0.2, -0.15) is 0 Å². The maximum absolute atomic E-state index is 11.5. The van der Waals surface area contributed by atoms with Crippen LogP contribution in [0.25, 0.3) is 5.57 Å². The summed E-state index contributed by atoms with van der Waals surface area (Å²) in [4.78, 5) is 20.6. The Morgan fingerprint density at radius 1 is 1.37 bits per heavy atom. The predicted molar refractivity (Wildman–Crippen MR) is 109 cm³/mol. The maximum Gasteiger partial charge on any atom is 0.247 e. The van der Waals surface area contributed by atoms with Crippen molar-refractivity contribution in [3.8, 4) is 0 Å². The van der Waals surface area contributed by atoms with Crippen molar-refractivity contribution in [3.05, 3.63) is 65.7 Å². The van der Waals surface area contributed by atoms with Gasteiger partial charge in [0, 0.05) is 11.4 Å². The van der Waals surface area contributed by atoms with Crippen molar-refractivity contribution < 1.29 is 4.79 Å². The summed E-state index contributed by atoms with van der Waals surface area (Å²) >= 11 is 0. The fraction of sp³-hybridized carbons (Fsp3) is 0.286. The minimum Gasteiger partial charge on any atom is -0.402 e. The standard InChI is InChI=1S/C21H25N5O/c1-3-21(27)24-16-6-4-5-15(11-16)18-9-13(2)10-20(25-18)26-19(23)12-17(22)14-7-8-14/h3,6,9-12,14H,1,4-5,7-8,22H2,2H3,(H,24,27)(H2,23,25,26)/b17-12-. The Labute approximate surface area is 159 Å². The van der Waals surface area contributed by atoms with Gasteiger partial charge in [0.05, 0.1) is 5.69 Å². The van der Waals surface area contributed by atoms with Crippen LogP contribution in [0.15, 0.2) is 59.4 Å². The zero-order valence-corrected chi connectivity index (χ0v) is 15.5. The van der Waals surface area contributed by atoms with E-state index in [4.69, 9.17) is 11.5 Å². The third-order valence-corrected chi connectivity index (χ3v) is 4.45. The summed E-state index contributed by atoms with van der Waals surface area (Å²) in [6, 6.07) is 3.89. The molecular weight excluding hydrogens is 338 g/mol. The third kappa shape index (κ3) is 5.17. The molecule has 0 radical (unpaired) electrons. The number of hydrogen-bond acceptors (Lipinski definition) is 4. The molecule has 0 unspecified atom stereocenters. The molecule has 1 fully saturated rings. The van der Waals surface area contributed by atoms with Crippen LogP contribution in [0.2, 0.25) is 0 Å². The van der Waals surface area contributed by atoms with Crippen molar-refractivity contribution in [1.29, 1.82) is 0 Å². The molecule has 0 bridgehead atoms. The van der Waals surface area contributed by atoms with Gasteiger partial charge in [-0.25, -0.2) is 9.98 Å². The molecule has 2 aliphatic rings. The van der Waals surface area contributed by atoms with Crippen molar-refractivity contribution in [1.82, 2.24) is 10.3 Å². The molecule has 1 amide bonds. The average molecular weight is 363 g/mol. The molecule has 6 heteroatoms. The number of nitrogens with zero attached hydrogens (tertiary/aromatic N) is 2. The first-order chi connectivity index (χ1) is 12.9. The molecule has 1 saturated carbocycles. The number of carbonyl (C=O) groups excluding carboxylic acids is 1. The molecule has 1 aromatic rings. The van der Waals surface area contributed by atoms with Crippen LogP contribution in [-0.2, 0) is 4.79 Å². The van der Waals surface area contributed by atoms with Crippen LogP contribution in [0.3, 0.4) is 0 Å². The lowest BCUT2D eigenvalue weighted by atomic mass is 9.98. The third-order valence-electron chi connectivity index (χ3n) is 4.45. The zero-order valence-electron chi connectivity index (χ0n) is 15.5. The number of hydrogen-bond donors (Lipinski definition) is 3. The number of allylic oxidation sites excluding steroid dienone is 4. The predicted octanol–water partition coefficient (Wildman–Crippen LogP) is 2.99. The number of aryl methyl sites for hydroxylation is 1. The van der Waals surface area contributed by atoms with Crippen molar-refractivity contribution >= 4 is 23.1 Å². The van der Waals surface area contributed by atoms with Gasteiger partial charge in [0.1, 0.15) is 5.84 Å². The number of amides is 1. The summed E-state index contributed by atoms with van der Waals surface area (Å²) < 4.78 is 0. The lowest BCUT2D eigenvalue weighted by molar-refractivity contribution is -0.115. The SMILES string of the molecule is C=CC(=O)NC1=CCCC(c2cc(C)cc(N=C(N)/C=C(\N)C3CC3)n2)=C1. The van der Waals surface area contributed by atoms with Crippen molar-refractivity contribution in [2.75, 3.05) is 0 Å². The van der Waals surface area contributed by atoms with Gasteiger partial charge in [-0.05, 0) is 80.0 Å². The van der Waals surface area contributed by atoms with Gasteiger partial charge in [0.2, 0.25) is 5.91 Å². The van der Waals surface area contributed by atoms with Gasteiger partial charge >= 0.3 is 0 Å². The van der Waals surface area contributed by atoms with Crippen molar-refractivity contribution in [2.45, 2.75) is 32.6 Å². The summed E-state index contributed by atoms with van der Waals surface area (Å²) in [7, 11) is 0. The normalized spacial score (nSPS) is 17.8.